The van der Waals surface area contributed by atoms with E-state index < -0.39 is 0 Å². The first-order valence-electron chi connectivity index (χ1n) is 7.86. The number of amides is 1. The molecule has 0 aliphatic carbocycles. The highest BCUT2D eigenvalue weighted by atomic mass is 35.5. The molecule has 0 saturated heterocycles. The monoisotopic (exact) mass is 386 g/mol. The number of hydrogen-bond donors (Lipinski definition) is 2. The minimum atomic E-state index is -0.312. The Morgan fingerprint density at radius 2 is 1.65 bits per heavy atom. The van der Waals surface area contributed by atoms with E-state index in [2.05, 4.69) is 20.6 Å². The highest BCUT2D eigenvalue weighted by Crippen LogP contribution is 2.24. The van der Waals surface area contributed by atoms with E-state index in [1.54, 1.807) is 31.2 Å². The van der Waals surface area contributed by atoms with Crippen LogP contribution in [-0.4, -0.2) is 15.9 Å². The van der Waals surface area contributed by atoms with E-state index in [1.165, 1.54) is 0 Å². The van der Waals surface area contributed by atoms with Gasteiger partial charge in [0.05, 0.1) is 0 Å². The molecule has 0 aliphatic heterocycles. The minimum absolute atomic E-state index is 0.259. The van der Waals surface area contributed by atoms with Crippen LogP contribution in [0.2, 0.25) is 10.0 Å². The molecule has 1 aromatic heterocycles. The molecule has 0 fully saturated rings. The van der Waals surface area contributed by atoms with Gasteiger partial charge in [0.15, 0.2) is 0 Å². The van der Waals surface area contributed by atoms with Gasteiger partial charge in [0.25, 0.3) is 5.91 Å². The second-order valence-electron chi connectivity index (χ2n) is 5.82. The van der Waals surface area contributed by atoms with Crippen LogP contribution in [0.15, 0.2) is 48.5 Å². The Morgan fingerprint density at radius 3 is 2.35 bits per heavy atom. The number of anilines is 3. The summed E-state index contributed by atoms with van der Waals surface area (Å²) in [5.74, 6) is -0.0222. The molecule has 0 atom stereocenters. The van der Waals surface area contributed by atoms with Crippen molar-refractivity contribution >= 4 is 46.4 Å². The first-order chi connectivity index (χ1) is 12.4. The lowest BCUT2D eigenvalue weighted by Gasteiger charge is -2.10. The summed E-state index contributed by atoms with van der Waals surface area (Å²) in [7, 11) is 0. The third-order valence-electron chi connectivity index (χ3n) is 3.48. The predicted molar refractivity (Wildman–Crippen MR) is 106 cm³/mol. The van der Waals surface area contributed by atoms with E-state index in [1.807, 2.05) is 31.2 Å². The Morgan fingerprint density at radius 1 is 0.923 bits per heavy atom. The Labute approximate surface area is 161 Å². The van der Waals surface area contributed by atoms with Gasteiger partial charge >= 0.3 is 0 Å². The molecule has 5 nitrogen and oxygen atoms in total. The molecule has 0 spiro atoms. The average Bonchev–Trinajstić information content (AvgIpc) is 2.53. The molecule has 132 valence electrons. The highest BCUT2D eigenvalue weighted by Gasteiger charge is 2.12. The van der Waals surface area contributed by atoms with Crippen LogP contribution in [0.5, 0.6) is 0 Å². The van der Waals surface area contributed by atoms with Crippen LogP contribution in [0, 0.1) is 13.8 Å². The molecule has 2 aromatic carbocycles. The number of nitrogens with one attached hydrogen (secondary N) is 2. The lowest BCUT2D eigenvalue weighted by Crippen LogP contribution is -2.15. The van der Waals surface area contributed by atoms with Crippen LogP contribution in [-0.2, 0) is 0 Å². The lowest BCUT2D eigenvalue weighted by molar-refractivity contribution is 0.102. The number of aromatic nitrogens is 2. The van der Waals surface area contributed by atoms with Crippen molar-refractivity contribution in [1.82, 2.24) is 9.97 Å². The number of benzene rings is 2. The number of carbonyl (C=O) groups excluding carboxylic acids is 1. The maximum Gasteiger partial charge on any atom is 0.274 e. The average molecular weight is 387 g/mol. The van der Waals surface area contributed by atoms with Crippen LogP contribution in [0.3, 0.4) is 0 Å². The second kappa shape index (κ2) is 7.72. The zero-order valence-corrected chi connectivity index (χ0v) is 15.7. The first-order valence-corrected chi connectivity index (χ1v) is 8.61. The molecule has 3 aromatic rings. The van der Waals surface area contributed by atoms with Crippen LogP contribution in [0.1, 0.15) is 21.7 Å². The molecule has 1 heterocycles. The fourth-order valence-electron chi connectivity index (χ4n) is 2.41. The molecule has 1 amide bonds. The molecular formula is C19H16Cl2N4O. The molecule has 7 heteroatoms. The molecule has 0 aliphatic rings. The van der Waals surface area contributed by atoms with E-state index >= 15 is 0 Å². The molecule has 0 radical (unpaired) electrons. The number of aryl methyl sites for hydroxylation is 2. The van der Waals surface area contributed by atoms with Gasteiger partial charge in [-0.15, -0.1) is 0 Å². The van der Waals surface area contributed by atoms with Crippen molar-refractivity contribution in [2.45, 2.75) is 13.8 Å². The molecule has 26 heavy (non-hydrogen) atoms. The summed E-state index contributed by atoms with van der Waals surface area (Å²) in [5.41, 5.74) is 3.32. The van der Waals surface area contributed by atoms with Crippen LogP contribution in [0.25, 0.3) is 0 Å². The van der Waals surface area contributed by atoms with Gasteiger partial charge in [-0.2, -0.15) is 0 Å². The summed E-state index contributed by atoms with van der Waals surface area (Å²) >= 11 is 12.0. The van der Waals surface area contributed by atoms with Crippen molar-refractivity contribution in [2.24, 2.45) is 0 Å². The Balaban J connectivity index is 1.83. The van der Waals surface area contributed by atoms with E-state index in [-0.39, 0.29) is 17.5 Å². The Bertz CT molecular complexity index is 955. The van der Waals surface area contributed by atoms with Gasteiger partial charge in [-0.3, -0.25) is 4.79 Å². The van der Waals surface area contributed by atoms with Gasteiger partial charge in [0, 0.05) is 27.1 Å². The fraction of sp³-hybridized carbons (Fsp3) is 0.105. The minimum Gasteiger partial charge on any atom is -0.324 e. The summed E-state index contributed by atoms with van der Waals surface area (Å²) in [6.45, 7) is 3.75. The largest absolute Gasteiger partial charge is 0.324 e. The lowest BCUT2D eigenvalue weighted by atomic mass is 10.2. The summed E-state index contributed by atoms with van der Waals surface area (Å²) < 4.78 is 0. The predicted octanol–water partition coefficient (Wildman–Crippen LogP) is 5.40. The summed E-state index contributed by atoms with van der Waals surface area (Å²) in [6, 6.07) is 14.2. The number of hydrogen-bond acceptors (Lipinski definition) is 4. The van der Waals surface area contributed by atoms with Crippen LogP contribution in [0.4, 0.5) is 17.3 Å². The Kier molecular flexibility index (Phi) is 5.40. The Hall–Kier alpha value is -2.63. The van der Waals surface area contributed by atoms with Gasteiger partial charge in [-0.05, 0) is 55.8 Å². The standard InChI is InChI=1S/C19H16Cl2N4O/c1-11-4-3-5-15(6-11)23-18(26)17-7-12(2)22-19(25-17)24-16-9-13(20)8-14(21)10-16/h3-10H,1-2H3,(H,23,26)(H,22,24,25). The van der Waals surface area contributed by atoms with E-state index in [9.17, 15) is 4.79 Å². The molecule has 0 bridgehead atoms. The zero-order valence-electron chi connectivity index (χ0n) is 14.2. The zero-order chi connectivity index (χ0) is 18.7. The van der Waals surface area contributed by atoms with Crippen LogP contribution < -0.4 is 10.6 Å². The molecule has 2 N–H and O–H groups in total. The van der Waals surface area contributed by atoms with Gasteiger partial charge in [-0.25, -0.2) is 9.97 Å². The van der Waals surface area contributed by atoms with Crippen molar-refractivity contribution in [1.29, 1.82) is 0 Å². The number of rotatable bonds is 4. The normalized spacial score (nSPS) is 10.5. The number of carbonyl (C=O) groups is 1. The van der Waals surface area contributed by atoms with E-state index in [0.29, 0.717) is 27.1 Å². The van der Waals surface area contributed by atoms with Gasteiger partial charge < -0.3 is 10.6 Å². The van der Waals surface area contributed by atoms with Crippen molar-refractivity contribution < 1.29 is 4.79 Å². The van der Waals surface area contributed by atoms with Gasteiger partial charge in [0.1, 0.15) is 5.69 Å². The topological polar surface area (TPSA) is 66.9 Å². The molecule has 3 rings (SSSR count). The fourth-order valence-corrected chi connectivity index (χ4v) is 2.94. The van der Waals surface area contributed by atoms with E-state index in [0.717, 1.165) is 5.56 Å². The van der Waals surface area contributed by atoms with Gasteiger partial charge in [0.2, 0.25) is 5.95 Å². The van der Waals surface area contributed by atoms with E-state index in [4.69, 9.17) is 23.2 Å². The first kappa shape index (κ1) is 18.2. The van der Waals surface area contributed by atoms with Gasteiger partial charge in [-0.1, -0.05) is 35.3 Å². The number of halogens is 2. The summed E-state index contributed by atoms with van der Waals surface area (Å²) in [4.78, 5) is 21.1. The third kappa shape index (κ3) is 4.71. The maximum atomic E-state index is 12.5. The highest BCUT2D eigenvalue weighted by molar-refractivity contribution is 6.35. The quantitative estimate of drug-likeness (QED) is 0.629. The maximum absolute atomic E-state index is 12.5. The summed E-state index contributed by atoms with van der Waals surface area (Å²) in [5, 5.41) is 6.84. The molecule has 0 saturated carbocycles. The van der Waals surface area contributed by atoms with Crippen molar-refractivity contribution in [3.63, 3.8) is 0 Å². The molecular weight excluding hydrogens is 371 g/mol. The molecule has 0 unspecified atom stereocenters. The summed E-state index contributed by atoms with van der Waals surface area (Å²) in [6.07, 6.45) is 0. The van der Waals surface area contributed by atoms with Crippen molar-refractivity contribution in [2.75, 3.05) is 10.6 Å². The second-order valence-corrected chi connectivity index (χ2v) is 6.70. The van der Waals surface area contributed by atoms with Crippen LogP contribution >= 0.6 is 23.2 Å². The number of nitrogens with zero attached hydrogens (tertiary/aromatic N) is 2. The SMILES string of the molecule is Cc1cccc(NC(=O)c2cc(C)nc(Nc3cc(Cl)cc(Cl)c3)n2)c1. The smallest absolute Gasteiger partial charge is 0.274 e. The third-order valence-corrected chi connectivity index (χ3v) is 3.92. The van der Waals surface area contributed by atoms with Crippen molar-refractivity contribution in [3.8, 4) is 0 Å². The van der Waals surface area contributed by atoms with Crippen molar-refractivity contribution in [3.05, 3.63) is 75.5 Å².